The summed E-state index contributed by atoms with van der Waals surface area (Å²) in [5.74, 6) is 0.205. The fourth-order valence-electron chi connectivity index (χ4n) is 3.43. The molecule has 18 heavy (non-hydrogen) atoms. The van der Waals surface area contributed by atoms with Gasteiger partial charge in [0.25, 0.3) is 0 Å². The van der Waals surface area contributed by atoms with E-state index in [0.29, 0.717) is 18.8 Å². The van der Waals surface area contributed by atoms with Crippen LogP contribution in [0.15, 0.2) is 0 Å². The van der Waals surface area contributed by atoms with Crippen molar-refractivity contribution in [2.75, 3.05) is 0 Å². The van der Waals surface area contributed by atoms with E-state index in [2.05, 4.69) is 5.32 Å². The molecule has 0 saturated heterocycles. The molecule has 100 valence electrons. The minimum atomic E-state index is -1.07. The average Bonchev–Trinajstić information content (AvgIpc) is 3.24. The maximum Gasteiger partial charge on any atom is 0.319 e. The Balaban J connectivity index is 1.50. The predicted molar refractivity (Wildman–Crippen MR) is 65.9 cm³/mol. The fourth-order valence-corrected chi connectivity index (χ4v) is 3.43. The van der Waals surface area contributed by atoms with Gasteiger partial charge in [-0.3, -0.25) is 9.59 Å². The summed E-state index contributed by atoms with van der Waals surface area (Å²) < 4.78 is 0. The van der Waals surface area contributed by atoms with Gasteiger partial charge in [0.1, 0.15) is 5.41 Å². The van der Waals surface area contributed by atoms with E-state index in [1.165, 1.54) is 32.1 Å². The third-order valence-electron chi connectivity index (χ3n) is 5.01. The third-order valence-corrected chi connectivity index (χ3v) is 5.01. The first-order valence-electron chi connectivity index (χ1n) is 7.18. The molecular weight excluding hydrogens is 230 g/mol. The lowest BCUT2D eigenvalue weighted by Gasteiger charge is -2.22. The Labute approximate surface area is 107 Å². The number of rotatable bonds is 4. The molecule has 2 N–H and O–H groups in total. The van der Waals surface area contributed by atoms with E-state index in [4.69, 9.17) is 5.11 Å². The van der Waals surface area contributed by atoms with Gasteiger partial charge in [-0.2, -0.15) is 0 Å². The molecule has 0 radical (unpaired) electrons. The first kappa shape index (κ1) is 12.0. The zero-order valence-electron chi connectivity index (χ0n) is 10.7. The van der Waals surface area contributed by atoms with Crippen molar-refractivity contribution in [1.29, 1.82) is 0 Å². The maximum atomic E-state index is 12.0. The zero-order chi connectivity index (χ0) is 12.8. The van der Waals surface area contributed by atoms with Crippen molar-refractivity contribution < 1.29 is 14.7 Å². The Hall–Kier alpha value is -1.06. The molecule has 0 bridgehead atoms. The van der Waals surface area contributed by atoms with Gasteiger partial charge in [-0.25, -0.2) is 0 Å². The van der Waals surface area contributed by atoms with Crippen LogP contribution < -0.4 is 5.32 Å². The van der Waals surface area contributed by atoms with E-state index in [-0.39, 0.29) is 11.9 Å². The summed E-state index contributed by atoms with van der Waals surface area (Å²) in [4.78, 5) is 23.0. The van der Waals surface area contributed by atoms with Crippen LogP contribution in [0.25, 0.3) is 0 Å². The van der Waals surface area contributed by atoms with E-state index < -0.39 is 11.4 Å². The molecule has 4 heteroatoms. The molecule has 3 fully saturated rings. The Morgan fingerprint density at radius 3 is 2.33 bits per heavy atom. The van der Waals surface area contributed by atoms with Crippen LogP contribution in [0.2, 0.25) is 0 Å². The SMILES string of the molecule is O=C(O)C1(C(=O)NC2CC2C2CCCCC2)CC1. The fraction of sp³-hybridized carbons (Fsp3) is 0.857. The predicted octanol–water partition coefficient (Wildman–Crippen LogP) is 1.94. The molecule has 3 rings (SSSR count). The van der Waals surface area contributed by atoms with Crippen molar-refractivity contribution >= 4 is 11.9 Å². The molecule has 1 amide bonds. The van der Waals surface area contributed by atoms with Crippen molar-refractivity contribution in [3.05, 3.63) is 0 Å². The van der Waals surface area contributed by atoms with Crippen molar-refractivity contribution in [2.24, 2.45) is 17.3 Å². The van der Waals surface area contributed by atoms with Crippen LogP contribution in [-0.4, -0.2) is 23.0 Å². The number of hydrogen-bond acceptors (Lipinski definition) is 2. The molecule has 0 aromatic heterocycles. The number of nitrogens with one attached hydrogen (secondary N) is 1. The molecule has 0 spiro atoms. The Morgan fingerprint density at radius 1 is 1.11 bits per heavy atom. The molecule has 4 nitrogen and oxygen atoms in total. The van der Waals surface area contributed by atoms with Gasteiger partial charge < -0.3 is 10.4 Å². The highest BCUT2D eigenvalue weighted by Crippen LogP contribution is 2.49. The maximum absolute atomic E-state index is 12.0. The molecule has 2 atom stereocenters. The minimum Gasteiger partial charge on any atom is -0.480 e. The second-order valence-electron chi connectivity index (χ2n) is 6.26. The zero-order valence-corrected chi connectivity index (χ0v) is 10.7. The standard InChI is InChI=1S/C14H21NO3/c16-12(14(6-7-14)13(17)18)15-11-8-10(11)9-4-2-1-3-5-9/h9-11H,1-8H2,(H,15,16)(H,17,18). The second kappa shape index (κ2) is 4.25. The second-order valence-corrected chi connectivity index (χ2v) is 6.26. The number of amides is 1. The highest BCUT2D eigenvalue weighted by atomic mass is 16.4. The number of hydrogen-bond donors (Lipinski definition) is 2. The lowest BCUT2D eigenvalue weighted by atomic mass is 9.85. The van der Waals surface area contributed by atoms with Crippen molar-refractivity contribution in [1.82, 2.24) is 5.32 Å². The first-order chi connectivity index (χ1) is 8.63. The summed E-state index contributed by atoms with van der Waals surface area (Å²) in [6.45, 7) is 0. The monoisotopic (exact) mass is 251 g/mol. The number of aliphatic carboxylic acids is 1. The van der Waals surface area contributed by atoms with Gasteiger partial charge in [0.2, 0.25) is 5.91 Å². The van der Waals surface area contributed by atoms with Gasteiger partial charge in [0, 0.05) is 6.04 Å². The number of carbonyl (C=O) groups is 2. The van der Waals surface area contributed by atoms with Crippen molar-refractivity contribution in [2.45, 2.75) is 57.4 Å². The lowest BCUT2D eigenvalue weighted by molar-refractivity contribution is -0.149. The van der Waals surface area contributed by atoms with Gasteiger partial charge in [-0.15, -0.1) is 0 Å². The van der Waals surface area contributed by atoms with Gasteiger partial charge in [0.05, 0.1) is 0 Å². The molecule has 3 aliphatic carbocycles. The molecule has 0 aliphatic heterocycles. The van der Waals surface area contributed by atoms with Crippen molar-refractivity contribution in [3.63, 3.8) is 0 Å². The summed E-state index contributed by atoms with van der Waals surface area (Å²) in [7, 11) is 0. The van der Waals surface area contributed by atoms with Crippen molar-refractivity contribution in [3.8, 4) is 0 Å². The normalized spacial score (nSPS) is 33.8. The topological polar surface area (TPSA) is 66.4 Å². The molecule has 2 unspecified atom stereocenters. The first-order valence-corrected chi connectivity index (χ1v) is 7.18. The molecule has 0 aromatic rings. The Morgan fingerprint density at radius 2 is 1.78 bits per heavy atom. The number of carboxylic acid groups (broad SMARTS) is 1. The van der Waals surface area contributed by atoms with Crippen LogP contribution in [-0.2, 0) is 9.59 Å². The van der Waals surface area contributed by atoms with Crippen LogP contribution in [0.1, 0.15) is 51.4 Å². The van der Waals surface area contributed by atoms with Crippen LogP contribution in [0.4, 0.5) is 0 Å². The molecule has 3 aliphatic rings. The molecular formula is C14H21NO3. The smallest absolute Gasteiger partial charge is 0.319 e. The quantitative estimate of drug-likeness (QED) is 0.750. The molecule has 3 saturated carbocycles. The van der Waals surface area contributed by atoms with E-state index in [1.54, 1.807) is 0 Å². The highest BCUT2D eigenvalue weighted by Gasteiger charge is 2.58. The highest BCUT2D eigenvalue weighted by molar-refractivity contribution is 6.05. The molecule has 0 aromatic carbocycles. The summed E-state index contributed by atoms with van der Waals surface area (Å²) in [6.07, 6.45) is 8.66. The van der Waals surface area contributed by atoms with Gasteiger partial charge in [-0.1, -0.05) is 32.1 Å². The third kappa shape index (κ3) is 2.02. The summed E-state index contributed by atoms with van der Waals surface area (Å²) in [6, 6.07) is 0.262. The molecule has 0 heterocycles. The summed E-state index contributed by atoms with van der Waals surface area (Å²) >= 11 is 0. The number of carbonyl (C=O) groups excluding carboxylic acids is 1. The van der Waals surface area contributed by atoms with Crippen LogP contribution >= 0.6 is 0 Å². The number of carboxylic acids is 1. The summed E-state index contributed by atoms with van der Waals surface area (Å²) in [5.41, 5.74) is -1.07. The summed E-state index contributed by atoms with van der Waals surface area (Å²) in [5, 5.41) is 12.0. The largest absolute Gasteiger partial charge is 0.480 e. The van der Waals surface area contributed by atoms with Crippen LogP contribution in [0.3, 0.4) is 0 Å². The van der Waals surface area contributed by atoms with Crippen LogP contribution in [0.5, 0.6) is 0 Å². The minimum absolute atomic E-state index is 0.238. The van der Waals surface area contributed by atoms with Gasteiger partial charge in [0.15, 0.2) is 0 Å². The van der Waals surface area contributed by atoms with Gasteiger partial charge >= 0.3 is 5.97 Å². The van der Waals surface area contributed by atoms with E-state index >= 15 is 0 Å². The van der Waals surface area contributed by atoms with Crippen LogP contribution in [0, 0.1) is 17.3 Å². The lowest BCUT2D eigenvalue weighted by Crippen LogP contribution is -2.39. The average molecular weight is 251 g/mol. The Bertz CT molecular complexity index is 369. The van der Waals surface area contributed by atoms with E-state index in [1.807, 2.05) is 0 Å². The van der Waals surface area contributed by atoms with E-state index in [9.17, 15) is 9.59 Å². The van der Waals surface area contributed by atoms with E-state index in [0.717, 1.165) is 12.3 Å². The van der Waals surface area contributed by atoms with Gasteiger partial charge in [-0.05, 0) is 31.1 Å². The Kier molecular flexibility index (Phi) is 2.83.